The Labute approximate surface area is 115 Å². The van der Waals surface area contributed by atoms with E-state index in [1.807, 2.05) is 0 Å². The number of benzene rings is 1. The van der Waals surface area contributed by atoms with Crippen LogP contribution in [0.2, 0.25) is 10.0 Å². The summed E-state index contributed by atoms with van der Waals surface area (Å²) in [7, 11) is 0. The van der Waals surface area contributed by atoms with Crippen LogP contribution >= 0.6 is 23.2 Å². The second-order valence-corrected chi connectivity index (χ2v) is 4.89. The van der Waals surface area contributed by atoms with E-state index in [2.05, 4.69) is 5.32 Å². The molecule has 6 heteroatoms. The van der Waals surface area contributed by atoms with E-state index < -0.39 is 17.4 Å². The number of carbonyl (C=O) groups excluding carboxylic acids is 1. The number of hydrogen-bond donors (Lipinski definition) is 2. The number of aliphatic carboxylic acids is 1. The number of halogens is 2. The predicted octanol–water partition coefficient (Wildman–Crippen LogP) is 2.98. The molecule has 0 aliphatic rings. The highest BCUT2D eigenvalue weighted by Gasteiger charge is 2.33. The van der Waals surface area contributed by atoms with Crippen molar-refractivity contribution < 1.29 is 14.7 Å². The lowest BCUT2D eigenvalue weighted by atomic mass is 9.98. The molecule has 0 fully saturated rings. The number of amides is 1. The highest BCUT2D eigenvalue weighted by Crippen LogP contribution is 2.23. The van der Waals surface area contributed by atoms with Crippen molar-refractivity contribution in [2.75, 3.05) is 0 Å². The summed E-state index contributed by atoms with van der Waals surface area (Å²) in [5.41, 5.74) is -1.03. The van der Waals surface area contributed by atoms with Crippen LogP contribution in [0.15, 0.2) is 18.2 Å². The summed E-state index contributed by atoms with van der Waals surface area (Å²) in [5.74, 6) is -1.58. The summed E-state index contributed by atoms with van der Waals surface area (Å²) >= 11 is 11.5. The molecule has 0 radical (unpaired) electrons. The maximum atomic E-state index is 11.9. The van der Waals surface area contributed by atoms with Crippen molar-refractivity contribution in [3.8, 4) is 0 Å². The van der Waals surface area contributed by atoms with Crippen molar-refractivity contribution in [1.29, 1.82) is 0 Å². The highest BCUT2D eigenvalue weighted by molar-refractivity contribution is 6.42. The van der Waals surface area contributed by atoms with Gasteiger partial charge in [-0.2, -0.15) is 0 Å². The minimum Gasteiger partial charge on any atom is -0.480 e. The van der Waals surface area contributed by atoms with Crippen LogP contribution < -0.4 is 5.32 Å². The lowest BCUT2D eigenvalue weighted by Gasteiger charge is -2.24. The fourth-order valence-electron chi connectivity index (χ4n) is 1.25. The Morgan fingerprint density at radius 1 is 1.33 bits per heavy atom. The molecule has 0 saturated heterocycles. The third-order valence-corrected chi connectivity index (χ3v) is 3.49. The Kier molecular flexibility index (Phi) is 4.59. The van der Waals surface area contributed by atoms with Gasteiger partial charge in [-0.05, 0) is 31.5 Å². The van der Waals surface area contributed by atoms with Crippen molar-refractivity contribution >= 4 is 35.1 Å². The van der Waals surface area contributed by atoms with Crippen LogP contribution in [0.3, 0.4) is 0 Å². The molecule has 1 aromatic carbocycles. The minimum atomic E-state index is -1.30. The van der Waals surface area contributed by atoms with Crippen LogP contribution in [-0.2, 0) is 4.79 Å². The third kappa shape index (κ3) is 3.15. The molecule has 0 bridgehead atoms. The van der Waals surface area contributed by atoms with Crippen LogP contribution in [0.25, 0.3) is 0 Å². The normalized spacial score (nSPS) is 13.8. The van der Waals surface area contributed by atoms with E-state index in [1.165, 1.54) is 25.1 Å². The number of carboxylic acid groups (broad SMARTS) is 1. The molecule has 0 saturated carbocycles. The fourth-order valence-corrected chi connectivity index (χ4v) is 1.55. The number of carboxylic acids is 1. The molecule has 1 unspecified atom stereocenters. The van der Waals surface area contributed by atoms with Gasteiger partial charge >= 0.3 is 5.97 Å². The molecule has 2 N–H and O–H groups in total. The van der Waals surface area contributed by atoms with Gasteiger partial charge in [0, 0.05) is 5.56 Å². The van der Waals surface area contributed by atoms with Crippen LogP contribution in [0.5, 0.6) is 0 Å². The van der Waals surface area contributed by atoms with Gasteiger partial charge in [-0.25, -0.2) is 4.79 Å². The fraction of sp³-hybridized carbons (Fsp3) is 0.333. The van der Waals surface area contributed by atoms with Crippen LogP contribution in [0, 0.1) is 0 Å². The average molecular weight is 290 g/mol. The zero-order valence-corrected chi connectivity index (χ0v) is 11.5. The minimum absolute atomic E-state index is 0.248. The molecule has 1 amide bonds. The Morgan fingerprint density at radius 2 is 1.94 bits per heavy atom. The monoisotopic (exact) mass is 289 g/mol. The van der Waals surface area contributed by atoms with Gasteiger partial charge in [-0.1, -0.05) is 30.1 Å². The lowest BCUT2D eigenvalue weighted by Crippen LogP contribution is -2.51. The van der Waals surface area contributed by atoms with E-state index in [9.17, 15) is 9.59 Å². The summed E-state index contributed by atoms with van der Waals surface area (Å²) < 4.78 is 0. The van der Waals surface area contributed by atoms with Gasteiger partial charge in [0.25, 0.3) is 5.91 Å². The zero-order valence-electron chi connectivity index (χ0n) is 9.96. The van der Waals surface area contributed by atoms with Gasteiger partial charge in [0.1, 0.15) is 5.54 Å². The van der Waals surface area contributed by atoms with Crippen molar-refractivity contribution in [3.05, 3.63) is 33.8 Å². The molecule has 1 rings (SSSR count). The van der Waals surface area contributed by atoms with E-state index in [-0.39, 0.29) is 17.0 Å². The van der Waals surface area contributed by atoms with Crippen LogP contribution in [0.4, 0.5) is 0 Å². The van der Waals surface area contributed by atoms with Crippen LogP contribution in [-0.4, -0.2) is 22.5 Å². The molecule has 0 aliphatic heterocycles. The summed E-state index contributed by atoms with van der Waals surface area (Å²) in [5, 5.41) is 12.1. The molecule has 18 heavy (non-hydrogen) atoms. The first-order valence-corrected chi connectivity index (χ1v) is 6.06. The Balaban J connectivity index is 2.95. The van der Waals surface area contributed by atoms with Gasteiger partial charge in [0.2, 0.25) is 0 Å². The van der Waals surface area contributed by atoms with Crippen molar-refractivity contribution in [3.63, 3.8) is 0 Å². The quantitative estimate of drug-likeness (QED) is 0.895. The number of nitrogens with one attached hydrogen (secondary N) is 1. The topological polar surface area (TPSA) is 66.4 Å². The largest absolute Gasteiger partial charge is 0.480 e. The smallest absolute Gasteiger partial charge is 0.329 e. The van der Waals surface area contributed by atoms with Crippen molar-refractivity contribution in [2.24, 2.45) is 0 Å². The van der Waals surface area contributed by atoms with E-state index in [0.717, 1.165) is 0 Å². The van der Waals surface area contributed by atoms with Gasteiger partial charge in [-0.15, -0.1) is 0 Å². The standard InChI is InChI=1S/C12H13Cl2NO3/c1-3-12(2,11(17)18)15-10(16)7-4-5-8(13)9(14)6-7/h4-6H,3H2,1-2H3,(H,15,16)(H,17,18). The second kappa shape index (κ2) is 5.59. The first kappa shape index (κ1) is 14.8. The summed E-state index contributed by atoms with van der Waals surface area (Å²) in [6, 6.07) is 4.38. The first-order valence-electron chi connectivity index (χ1n) is 5.31. The molecule has 1 aromatic rings. The summed E-state index contributed by atoms with van der Waals surface area (Å²) in [6.45, 7) is 3.13. The molecule has 0 spiro atoms. The highest BCUT2D eigenvalue weighted by atomic mass is 35.5. The van der Waals surface area contributed by atoms with E-state index in [1.54, 1.807) is 6.92 Å². The van der Waals surface area contributed by atoms with E-state index in [4.69, 9.17) is 28.3 Å². The summed E-state index contributed by atoms with van der Waals surface area (Å²) in [4.78, 5) is 23.0. The van der Waals surface area contributed by atoms with Crippen molar-refractivity contribution in [1.82, 2.24) is 5.32 Å². The molecule has 4 nitrogen and oxygen atoms in total. The molecule has 1 atom stereocenters. The second-order valence-electron chi connectivity index (χ2n) is 4.07. The van der Waals surface area contributed by atoms with E-state index in [0.29, 0.717) is 5.02 Å². The predicted molar refractivity (Wildman–Crippen MR) is 70.3 cm³/mol. The maximum Gasteiger partial charge on any atom is 0.329 e. The Morgan fingerprint density at radius 3 is 2.39 bits per heavy atom. The average Bonchev–Trinajstić information content (AvgIpc) is 2.32. The van der Waals surface area contributed by atoms with Gasteiger partial charge in [0.15, 0.2) is 0 Å². The van der Waals surface area contributed by atoms with Gasteiger partial charge in [0.05, 0.1) is 10.0 Å². The van der Waals surface area contributed by atoms with Gasteiger partial charge < -0.3 is 10.4 Å². The molecular formula is C12H13Cl2NO3. The molecule has 98 valence electrons. The number of hydrogen-bond acceptors (Lipinski definition) is 2. The summed E-state index contributed by atoms with van der Waals surface area (Å²) in [6.07, 6.45) is 0.273. The first-order chi connectivity index (χ1) is 8.30. The third-order valence-electron chi connectivity index (χ3n) is 2.75. The molecule has 0 aliphatic carbocycles. The number of carbonyl (C=O) groups is 2. The lowest BCUT2D eigenvalue weighted by molar-refractivity contribution is -0.143. The maximum absolute atomic E-state index is 11.9. The van der Waals surface area contributed by atoms with Gasteiger partial charge in [-0.3, -0.25) is 4.79 Å². The Bertz CT molecular complexity index is 490. The van der Waals surface area contributed by atoms with Crippen molar-refractivity contribution in [2.45, 2.75) is 25.8 Å². The molecule has 0 aromatic heterocycles. The van der Waals surface area contributed by atoms with E-state index >= 15 is 0 Å². The number of rotatable bonds is 4. The molecule has 0 heterocycles. The zero-order chi connectivity index (χ0) is 13.9. The molecular weight excluding hydrogens is 277 g/mol. The SMILES string of the molecule is CCC(C)(NC(=O)c1ccc(Cl)c(Cl)c1)C(=O)O. The Hall–Kier alpha value is -1.26. The van der Waals surface area contributed by atoms with Crippen LogP contribution in [0.1, 0.15) is 30.6 Å².